The first-order valence-corrected chi connectivity index (χ1v) is 1.99. The molecule has 48 valence electrons. The van der Waals surface area contributed by atoms with Gasteiger partial charge in [0.2, 0.25) is 0 Å². The Morgan fingerprint density at radius 1 is 1.44 bits per heavy atom. The van der Waals surface area contributed by atoms with Gasteiger partial charge in [-0.3, -0.25) is 4.79 Å². The molecule has 0 saturated heterocycles. The molecule has 0 aromatic carbocycles. The molecule has 3 N–H and O–H groups in total. The predicted octanol–water partition coefficient (Wildman–Crippen LogP) is -0.379. The largest absolute Gasteiger partial charge is 2.00 e. The molecule has 0 atom stereocenters. The van der Waals surface area contributed by atoms with E-state index in [1.807, 2.05) is 0 Å². The number of hydrogen-bond acceptors (Lipinski definition) is 3. The maximum absolute atomic E-state index is 9.98. The van der Waals surface area contributed by atoms with Crippen molar-refractivity contribution in [2.75, 3.05) is 0 Å². The fourth-order valence-corrected chi connectivity index (χ4v) is 0.286. The number of allylic oxidation sites excluding steroid dienone is 2. The molecular weight excluding hydrogens is 243 g/mol. The molecule has 0 heterocycles. The maximum atomic E-state index is 9.98. The fraction of sp³-hybridized carbons (Fsp3) is 0.400. The Morgan fingerprint density at radius 3 is 1.78 bits per heavy atom. The van der Waals surface area contributed by atoms with Crippen molar-refractivity contribution in [3.8, 4) is 0 Å². The average Bonchev–Trinajstić information content (AvgIpc) is 1.27. The topological polar surface area (TPSA) is 75.1 Å². The number of rotatable bonds is 1. The number of carbonyl (C=O) groups is 1. The molecule has 0 amide bonds. The van der Waals surface area contributed by atoms with Crippen LogP contribution in [0.1, 0.15) is 13.8 Å². The van der Waals surface area contributed by atoms with Crippen LogP contribution in [-0.4, -0.2) is 54.7 Å². The fourth-order valence-electron chi connectivity index (χ4n) is 0.286. The molecule has 0 spiro atoms. The predicted molar refractivity (Wildman–Crippen MR) is 35.2 cm³/mol. The van der Waals surface area contributed by atoms with Gasteiger partial charge in [0.15, 0.2) is 5.78 Å². The summed E-state index contributed by atoms with van der Waals surface area (Å²) in [7, 11) is 0. The van der Waals surface area contributed by atoms with Crippen LogP contribution in [0.25, 0.3) is 0 Å². The van der Waals surface area contributed by atoms with Crippen LogP contribution < -0.4 is 11.3 Å². The van der Waals surface area contributed by atoms with Crippen molar-refractivity contribution in [2.45, 2.75) is 13.8 Å². The van der Waals surface area contributed by atoms with E-state index in [9.17, 15) is 9.90 Å². The van der Waals surface area contributed by atoms with E-state index in [0.29, 0.717) is 0 Å². The quantitative estimate of drug-likeness (QED) is 0.393. The van der Waals surface area contributed by atoms with E-state index in [-0.39, 0.29) is 66.6 Å². The van der Waals surface area contributed by atoms with Gasteiger partial charge >= 0.3 is 48.9 Å². The summed E-state index contributed by atoms with van der Waals surface area (Å²) in [5, 5.41) is 9.98. The van der Waals surface area contributed by atoms with Crippen LogP contribution >= 0.6 is 0 Å². The minimum atomic E-state index is -0.187. The first-order valence-electron chi connectivity index (χ1n) is 1.99. The Balaban J connectivity index is -0.000000180. The molecule has 0 radical (unpaired) electrons. The van der Waals surface area contributed by atoms with Crippen LogP contribution in [0.5, 0.6) is 0 Å². The van der Waals surface area contributed by atoms with E-state index in [0.717, 1.165) is 6.08 Å². The molecule has 0 aliphatic heterocycles. The molecule has 0 aromatic rings. The third-order valence-electron chi connectivity index (χ3n) is 0.407. The summed E-state index contributed by atoms with van der Waals surface area (Å²) >= 11 is 0. The number of hydrogen-bond donors (Lipinski definition) is 1. The molecule has 0 fully saturated rings. The van der Waals surface area contributed by atoms with Gasteiger partial charge < -0.3 is 11.3 Å². The smallest absolute Gasteiger partial charge is 0.876 e. The third kappa shape index (κ3) is 17.7. The van der Waals surface area contributed by atoms with E-state index in [2.05, 4.69) is 0 Å². The van der Waals surface area contributed by atoms with E-state index >= 15 is 0 Å². The summed E-state index contributed by atoms with van der Waals surface area (Å²) < 4.78 is 0. The van der Waals surface area contributed by atoms with Gasteiger partial charge in [-0.15, -0.1) is 5.76 Å². The standard InChI is InChI=1S/C5H8O2.Ba.H3N/c1-4(6)3-5(2)7;;/h3,6H,1-2H3;;1H3/q;+2;/p-1/b4-3-;;. The molecule has 0 aliphatic carbocycles. The van der Waals surface area contributed by atoms with Crippen LogP contribution in [0.3, 0.4) is 0 Å². The zero-order valence-electron chi connectivity index (χ0n) is 5.81. The second kappa shape index (κ2) is 8.74. The van der Waals surface area contributed by atoms with Crippen LogP contribution in [-0.2, 0) is 4.79 Å². The second-order valence-electron chi connectivity index (χ2n) is 1.37. The maximum Gasteiger partial charge on any atom is 2.00 e. The van der Waals surface area contributed by atoms with Crippen molar-refractivity contribution < 1.29 is 9.90 Å². The van der Waals surface area contributed by atoms with E-state index in [1.54, 1.807) is 0 Å². The van der Waals surface area contributed by atoms with Gasteiger partial charge in [-0.05, 0) is 13.0 Å². The first-order chi connectivity index (χ1) is 3.13. The van der Waals surface area contributed by atoms with Gasteiger partial charge in [0.05, 0.1) is 0 Å². The van der Waals surface area contributed by atoms with Crippen molar-refractivity contribution in [2.24, 2.45) is 0 Å². The van der Waals surface area contributed by atoms with Crippen molar-refractivity contribution in [3.05, 3.63) is 11.8 Å². The van der Waals surface area contributed by atoms with Gasteiger partial charge in [-0.25, -0.2) is 0 Å². The summed E-state index contributed by atoms with van der Waals surface area (Å²) in [6.07, 6.45) is 1.06. The van der Waals surface area contributed by atoms with Crippen molar-refractivity contribution >= 4 is 54.7 Å². The average molecular weight is 253 g/mol. The number of ketones is 1. The summed E-state index contributed by atoms with van der Waals surface area (Å²) in [5.74, 6) is -0.375. The van der Waals surface area contributed by atoms with E-state index in [4.69, 9.17) is 0 Å². The zero-order chi connectivity index (χ0) is 5.86. The molecule has 0 unspecified atom stereocenters. The summed E-state index contributed by atoms with van der Waals surface area (Å²) in [6, 6.07) is 0. The number of carbonyl (C=O) groups excluding carboxylic acids is 1. The van der Waals surface area contributed by atoms with Gasteiger partial charge in [0.25, 0.3) is 0 Å². The zero-order valence-corrected chi connectivity index (χ0v) is 10.2. The molecule has 3 nitrogen and oxygen atoms in total. The molecule has 9 heavy (non-hydrogen) atoms. The van der Waals surface area contributed by atoms with Crippen molar-refractivity contribution in [1.82, 2.24) is 6.15 Å². The van der Waals surface area contributed by atoms with Crippen LogP contribution in [0.2, 0.25) is 0 Å². The summed E-state index contributed by atoms with van der Waals surface area (Å²) in [6.45, 7) is 2.70. The minimum absolute atomic E-state index is 0. The Bertz CT molecular complexity index is 108. The van der Waals surface area contributed by atoms with Gasteiger partial charge in [0.1, 0.15) is 0 Å². The van der Waals surface area contributed by atoms with Crippen LogP contribution in [0.4, 0.5) is 0 Å². The van der Waals surface area contributed by atoms with E-state index < -0.39 is 0 Å². The normalized spacial score (nSPS) is 8.89. The molecule has 0 bridgehead atoms. The van der Waals surface area contributed by atoms with Crippen LogP contribution in [0.15, 0.2) is 11.8 Å². The second-order valence-corrected chi connectivity index (χ2v) is 1.37. The Morgan fingerprint density at radius 2 is 1.78 bits per heavy atom. The molecule has 0 aromatic heterocycles. The SMILES string of the molecule is CC(=O)/C=C(/C)[O-].N.[Ba+2]. The van der Waals surface area contributed by atoms with Crippen LogP contribution in [0, 0.1) is 0 Å². The Kier molecular flexibility index (Phi) is 15.9. The molecule has 4 heteroatoms. The van der Waals surface area contributed by atoms with Gasteiger partial charge in [-0.2, -0.15) is 0 Å². The van der Waals surface area contributed by atoms with E-state index in [1.165, 1.54) is 13.8 Å². The Labute approximate surface area is 95.2 Å². The minimum Gasteiger partial charge on any atom is -0.876 e. The van der Waals surface area contributed by atoms with Gasteiger partial charge in [0, 0.05) is 0 Å². The summed E-state index contributed by atoms with van der Waals surface area (Å²) in [5.41, 5.74) is 0. The van der Waals surface area contributed by atoms with Crippen molar-refractivity contribution in [1.29, 1.82) is 0 Å². The Hall–Kier alpha value is 0.741. The first kappa shape index (κ1) is 16.4. The molecule has 0 saturated carbocycles. The molecule has 0 aliphatic rings. The molecular formula is C5H10BaNO2+. The van der Waals surface area contributed by atoms with Gasteiger partial charge in [-0.1, -0.05) is 6.92 Å². The summed E-state index contributed by atoms with van der Waals surface area (Å²) in [4.78, 5) is 9.98. The van der Waals surface area contributed by atoms with Crippen molar-refractivity contribution in [3.63, 3.8) is 0 Å². The monoisotopic (exact) mass is 254 g/mol. The third-order valence-corrected chi connectivity index (χ3v) is 0.407. The molecule has 0 rings (SSSR count).